The third-order valence-electron chi connectivity index (χ3n) is 3.41. The van der Waals surface area contributed by atoms with Crippen molar-refractivity contribution in [3.05, 3.63) is 59.2 Å². The second-order valence-corrected chi connectivity index (χ2v) is 5.22. The molecule has 1 aromatic heterocycles. The van der Waals surface area contributed by atoms with Crippen molar-refractivity contribution in [2.75, 3.05) is 0 Å². The van der Waals surface area contributed by atoms with Gasteiger partial charge in [0.1, 0.15) is 5.69 Å². The molecule has 1 aromatic carbocycles. The lowest BCUT2D eigenvalue weighted by Crippen LogP contribution is -2.14. The lowest BCUT2D eigenvalue weighted by molar-refractivity contribution is -0.137. The van der Waals surface area contributed by atoms with Crippen molar-refractivity contribution in [3.8, 4) is 0 Å². The number of rotatable bonds is 8. The van der Waals surface area contributed by atoms with Gasteiger partial charge >= 0.3 is 11.9 Å². The first kappa shape index (κ1) is 17.3. The standard InChI is InChI=1S/C17H16N2O5/c20-13(15-16(17(23)24)19-9-8-18-15)10-12-6-4-11(5-7-12)2-1-3-14(21)22/h4-9H,1-3,10H2,(H,21,22)(H,23,24). The lowest BCUT2D eigenvalue weighted by atomic mass is 10.0. The fourth-order valence-corrected chi connectivity index (χ4v) is 2.24. The molecule has 0 fully saturated rings. The Bertz CT molecular complexity index is 756. The SMILES string of the molecule is O=C(O)CCCc1ccc(CC(=O)c2nccnc2C(=O)O)cc1. The van der Waals surface area contributed by atoms with Gasteiger partial charge < -0.3 is 10.2 Å². The average Bonchev–Trinajstić information content (AvgIpc) is 2.56. The zero-order chi connectivity index (χ0) is 17.5. The van der Waals surface area contributed by atoms with Crippen molar-refractivity contribution in [2.24, 2.45) is 0 Å². The van der Waals surface area contributed by atoms with Crippen molar-refractivity contribution >= 4 is 17.7 Å². The van der Waals surface area contributed by atoms with Crippen molar-refractivity contribution in [1.82, 2.24) is 9.97 Å². The quantitative estimate of drug-likeness (QED) is 0.712. The summed E-state index contributed by atoms with van der Waals surface area (Å²) in [5, 5.41) is 17.7. The van der Waals surface area contributed by atoms with Crippen LogP contribution >= 0.6 is 0 Å². The maximum Gasteiger partial charge on any atom is 0.356 e. The van der Waals surface area contributed by atoms with E-state index in [-0.39, 0.29) is 24.2 Å². The maximum atomic E-state index is 12.2. The number of hydrogen-bond donors (Lipinski definition) is 2. The molecule has 0 unspecified atom stereocenters. The monoisotopic (exact) mass is 328 g/mol. The Labute approximate surface area is 138 Å². The highest BCUT2D eigenvalue weighted by atomic mass is 16.4. The molecule has 24 heavy (non-hydrogen) atoms. The number of carboxylic acids is 2. The molecule has 0 aliphatic carbocycles. The molecule has 0 atom stereocenters. The highest BCUT2D eigenvalue weighted by molar-refractivity contribution is 6.03. The van der Waals surface area contributed by atoms with Crippen LogP contribution in [0.5, 0.6) is 0 Å². The first-order valence-electron chi connectivity index (χ1n) is 7.34. The summed E-state index contributed by atoms with van der Waals surface area (Å²) in [6.45, 7) is 0. The highest BCUT2D eigenvalue weighted by Crippen LogP contribution is 2.12. The van der Waals surface area contributed by atoms with Crippen molar-refractivity contribution in [3.63, 3.8) is 0 Å². The van der Waals surface area contributed by atoms with E-state index >= 15 is 0 Å². The van der Waals surface area contributed by atoms with Gasteiger partial charge in [-0.2, -0.15) is 0 Å². The van der Waals surface area contributed by atoms with Gasteiger partial charge in [0.25, 0.3) is 0 Å². The zero-order valence-electron chi connectivity index (χ0n) is 12.8. The second-order valence-electron chi connectivity index (χ2n) is 5.22. The molecular formula is C17H16N2O5. The van der Waals surface area contributed by atoms with Gasteiger partial charge in [-0.3, -0.25) is 9.59 Å². The van der Waals surface area contributed by atoms with Crippen LogP contribution in [0.25, 0.3) is 0 Å². The van der Waals surface area contributed by atoms with Crippen LogP contribution < -0.4 is 0 Å². The third-order valence-corrected chi connectivity index (χ3v) is 3.41. The Morgan fingerprint density at radius 1 is 0.875 bits per heavy atom. The smallest absolute Gasteiger partial charge is 0.356 e. The van der Waals surface area contributed by atoms with Crippen LogP contribution in [-0.2, 0) is 17.6 Å². The molecule has 0 saturated heterocycles. The summed E-state index contributed by atoms with van der Waals surface area (Å²) < 4.78 is 0. The van der Waals surface area contributed by atoms with Crippen LogP contribution in [0.15, 0.2) is 36.7 Å². The van der Waals surface area contributed by atoms with Gasteiger partial charge in [0.2, 0.25) is 0 Å². The molecule has 0 saturated carbocycles. The van der Waals surface area contributed by atoms with Crippen LogP contribution in [0.3, 0.4) is 0 Å². The molecule has 7 heteroatoms. The number of hydrogen-bond acceptors (Lipinski definition) is 5. The minimum Gasteiger partial charge on any atom is -0.481 e. The number of carbonyl (C=O) groups excluding carboxylic acids is 1. The molecule has 2 rings (SSSR count). The van der Waals surface area contributed by atoms with Crippen molar-refractivity contribution in [1.29, 1.82) is 0 Å². The summed E-state index contributed by atoms with van der Waals surface area (Å²) in [4.78, 5) is 41.3. The number of aliphatic carboxylic acids is 1. The summed E-state index contributed by atoms with van der Waals surface area (Å²) in [5.41, 5.74) is 1.20. The molecule has 1 heterocycles. The first-order valence-corrected chi connectivity index (χ1v) is 7.34. The molecule has 2 N–H and O–H groups in total. The topological polar surface area (TPSA) is 117 Å². The van der Waals surface area contributed by atoms with E-state index in [2.05, 4.69) is 9.97 Å². The van der Waals surface area contributed by atoms with Gasteiger partial charge in [0.05, 0.1) is 0 Å². The fraction of sp³-hybridized carbons (Fsp3) is 0.235. The number of benzene rings is 1. The van der Waals surface area contributed by atoms with Gasteiger partial charge in [-0.1, -0.05) is 24.3 Å². The number of carboxylic acid groups (broad SMARTS) is 2. The van der Waals surface area contributed by atoms with Gasteiger partial charge in [-0.15, -0.1) is 0 Å². The predicted octanol–water partition coefficient (Wildman–Crippen LogP) is 2.01. The molecule has 0 aliphatic rings. The van der Waals surface area contributed by atoms with E-state index in [4.69, 9.17) is 10.2 Å². The summed E-state index contributed by atoms with van der Waals surface area (Å²) >= 11 is 0. The highest BCUT2D eigenvalue weighted by Gasteiger charge is 2.19. The third kappa shape index (κ3) is 4.70. The summed E-state index contributed by atoms with van der Waals surface area (Å²) in [6, 6.07) is 7.20. The Balaban J connectivity index is 2.02. The van der Waals surface area contributed by atoms with Crippen LogP contribution in [0.2, 0.25) is 0 Å². The van der Waals surface area contributed by atoms with Crippen LogP contribution in [0.4, 0.5) is 0 Å². The Kier molecular flexibility index (Phi) is 5.73. The van der Waals surface area contributed by atoms with E-state index in [1.165, 1.54) is 12.4 Å². The predicted molar refractivity (Wildman–Crippen MR) is 84.0 cm³/mol. The number of Topliss-reactive ketones (excluding diaryl/α,β-unsaturated/α-hetero) is 1. The van der Waals surface area contributed by atoms with Crippen LogP contribution in [-0.4, -0.2) is 37.9 Å². The van der Waals surface area contributed by atoms with E-state index in [9.17, 15) is 14.4 Å². The number of aryl methyl sites for hydroxylation is 1. The zero-order valence-corrected chi connectivity index (χ0v) is 12.8. The minimum absolute atomic E-state index is 0.0222. The number of nitrogens with zero attached hydrogens (tertiary/aromatic N) is 2. The molecule has 0 aliphatic heterocycles. The lowest BCUT2D eigenvalue weighted by Gasteiger charge is -2.05. The molecule has 7 nitrogen and oxygen atoms in total. The Hall–Kier alpha value is -3.09. The van der Waals surface area contributed by atoms with E-state index in [0.717, 1.165) is 11.1 Å². The second kappa shape index (κ2) is 7.96. The molecule has 2 aromatic rings. The fourth-order valence-electron chi connectivity index (χ4n) is 2.24. The summed E-state index contributed by atoms with van der Waals surface area (Å²) in [5.74, 6) is -2.53. The van der Waals surface area contributed by atoms with Gasteiger partial charge in [-0.05, 0) is 24.0 Å². The number of aromatic carboxylic acids is 1. The molecule has 124 valence electrons. The van der Waals surface area contributed by atoms with Crippen molar-refractivity contribution in [2.45, 2.75) is 25.7 Å². The van der Waals surface area contributed by atoms with E-state index in [1.807, 2.05) is 12.1 Å². The van der Waals surface area contributed by atoms with Crippen LogP contribution in [0.1, 0.15) is 44.9 Å². The van der Waals surface area contributed by atoms with E-state index < -0.39 is 17.7 Å². The molecular weight excluding hydrogens is 312 g/mol. The van der Waals surface area contributed by atoms with E-state index in [0.29, 0.717) is 12.8 Å². The Morgan fingerprint density at radius 2 is 1.46 bits per heavy atom. The normalized spacial score (nSPS) is 10.3. The Morgan fingerprint density at radius 3 is 2.04 bits per heavy atom. The van der Waals surface area contributed by atoms with Crippen molar-refractivity contribution < 1.29 is 24.6 Å². The molecule has 0 spiro atoms. The first-order chi connectivity index (χ1) is 11.5. The van der Waals surface area contributed by atoms with Gasteiger partial charge in [-0.25, -0.2) is 14.8 Å². The average molecular weight is 328 g/mol. The molecule has 0 amide bonds. The van der Waals surface area contributed by atoms with Gasteiger partial charge in [0.15, 0.2) is 11.5 Å². The maximum absolute atomic E-state index is 12.2. The minimum atomic E-state index is -1.29. The number of aromatic nitrogens is 2. The van der Waals surface area contributed by atoms with E-state index in [1.54, 1.807) is 12.1 Å². The molecule has 0 radical (unpaired) electrons. The van der Waals surface area contributed by atoms with Gasteiger partial charge in [0, 0.05) is 25.2 Å². The molecule has 0 bridgehead atoms. The largest absolute Gasteiger partial charge is 0.481 e. The summed E-state index contributed by atoms with van der Waals surface area (Å²) in [7, 11) is 0. The van der Waals surface area contributed by atoms with Crippen LogP contribution in [0, 0.1) is 0 Å². The summed E-state index contributed by atoms with van der Waals surface area (Å²) in [6.07, 6.45) is 3.85. The number of carbonyl (C=O) groups is 3. The number of ketones is 1.